The Labute approximate surface area is 182 Å². The zero-order valence-corrected chi connectivity index (χ0v) is 17.6. The Bertz CT molecular complexity index is 1010. The van der Waals surface area contributed by atoms with Crippen LogP contribution >= 0.6 is 23.4 Å². The summed E-state index contributed by atoms with van der Waals surface area (Å²) in [5.41, 5.74) is 0.994. The largest absolute Gasteiger partial charge is 0.494 e. The molecule has 0 unspecified atom stereocenters. The Kier molecular flexibility index (Phi) is 7.12. The van der Waals surface area contributed by atoms with Crippen LogP contribution in [-0.2, 0) is 9.59 Å². The molecule has 0 atom stereocenters. The number of benzene rings is 2. The Morgan fingerprint density at radius 1 is 1.23 bits per heavy atom. The van der Waals surface area contributed by atoms with Gasteiger partial charge in [-0.25, -0.2) is 4.39 Å². The quantitative estimate of drug-likeness (QED) is 0.607. The van der Waals surface area contributed by atoms with E-state index < -0.39 is 29.4 Å². The summed E-state index contributed by atoms with van der Waals surface area (Å²) in [7, 11) is 0. The maximum Gasteiger partial charge on any atom is 0.294 e. The van der Waals surface area contributed by atoms with E-state index in [0.717, 1.165) is 40.5 Å². The predicted octanol–water partition coefficient (Wildman–Crippen LogP) is 4.94. The molecule has 1 heterocycles. The van der Waals surface area contributed by atoms with Gasteiger partial charge in [-0.15, -0.1) is 0 Å². The highest BCUT2D eigenvalue weighted by Gasteiger charge is 2.36. The third-order valence-corrected chi connectivity index (χ3v) is 5.23. The molecule has 0 bridgehead atoms. The van der Waals surface area contributed by atoms with Gasteiger partial charge < -0.3 is 10.1 Å². The molecule has 3 rings (SSSR count). The van der Waals surface area contributed by atoms with E-state index in [0.29, 0.717) is 6.61 Å². The first-order valence-corrected chi connectivity index (χ1v) is 10.3. The minimum atomic E-state index is -0.615. The number of carbonyl (C=O) groups is 3. The van der Waals surface area contributed by atoms with Crippen molar-refractivity contribution in [2.45, 2.75) is 13.3 Å². The maximum atomic E-state index is 13.2. The molecule has 2 aromatic carbocycles. The lowest BCUT2D eigenvalue weighted by Gasteiger charge is -2.12. The van der Waals surface area contributed by atoms with Gasteiger partial charge in [-0.2, -0.15) is 0 Å². The number of hydrogen-bond acceptors (Lipinski definition) is 5. The number of hydrogen-bond donors (Lipinski definition) is 1. The monoisotopic (exact) mass is 448 g/mol. The molecular weight excluding hydrogens is 431 g/mol. The van der Waals surface area contributed by atoms with Gasteiger partial charge in [0.05, 0.1) is 16.5 Å². The summed E-state index contributed by atoms with van der Waals surface area (Å²) in [6.45, 7) is 2.17. The number of carbonyl (C=O) groups excluding carboxylic acids is 3. The molecule has 9 heteroatoms. The molecule has 1 aliphatic heterocycles. The third kappa shape index (κ3) is 5.40. The summed E-state index contributed by atoms with van der Waals surface area (Å²) in [5, 5.41) is 1.80. The summed E-state index contributed by atoms with van der Waals surface area (Å²) >= 11 is 6.45. The number of nitrogens with zero attached hydrogens (tertiary/aromatic N) is 1. The average molecular weight is 449 g/mol. The van der Waals surface area contributed by atoms with E-state index >= 15 is 0 Å². The maximum absolute atomic E-state index is 13.2. The first-order chi connectivity index (χ1) is 14.4. The van der Waals surface area contributed by atoms with Gasteiger partial charge in [-0.3, -0.25) is 19.3 Å². The lowest BCUT2D eigenvalue weighted by Crippen LogP contribution is -2.36. The Balaban J connectivity index is 1.64. The van der Waals surface area contributed by atoms with Crippen molar-refractivity contribution in [3.63, 3.8) is 0 Å². The van der Waals surface area contributed by atoms with Crippen LogP contribution in [0.4, 0.5) is 14.9 Å². The first kappa shape index (κ1) is 21.9. The highest BCUT2D eigenvalue weighted by molar-refractivity contribution is 8.18. The summed E-state index contributed by atoms with van der Waals surface area (Å²) in [4.78, 5) is 38.0. The standard InChI is InChI=1S/C21H18ClFN2O4S/c1-2-9-29-15-6-3-13(4-7-15)10-18-20(27)25(21(28)30-18)12-19(26)24-14-5-8-17(23)16(22)11-14/h3-8,10-11H,2,9,12H2,1H3,(H,24,26)/b18-10-. The summed E-state index contributed by atoms with van der Waals surface area (Å²) < 4.78 is 18.7. The van der Waals surface area contributed by atoms with Crippen LogP contribution in [0.3, 0.4) is 0 Å². The van der Waals surface area contributed by atoms with Gasteiger partial charge in [0.1, 0.15) is 18.1 Å². The second-order valence-electron chi connectivity index (χ2n) is 6.36. The molecule has 6 nitrogen and oxygen atoms in total. The molecule has 2 aromatic rings. The third-order valence-electron chi connectivity index (χ3n) is 4.03. The van der Waals surface area contributed by atoms with E-state index in [4.69, 9.17) is 16.3 Å². The molecule has 0 saturated carbocycles. The molecule has 0 aliphatic carbocycles. The van der Waals surface area contributed by atoms with Gasteiger partial charge in [0.15, 0.2) is 0 Å². The van der Waals surface area contributed by atoms with Crippen molar-refractivity contribution in [1.29, 1.82) is 0 Å². The van der Waals surface area contributed by atoms with Gasteiger partial charge >= 0.3 is 0 Å². The molecule has 1 N–H and O–H groups in total. The fraction of sp³-hybridized carbons (Fsp3) is 0.190. The molecule has 156 valence electrons. The smallest absolute Gasteiger partial charge is 0.294 e. The molecular formula is C21H18ClFN2O4S. The number of amides is 3. The van der Waals surface area contributed by atoms with Crippen molar-refractivity contribution < 1.29 is 23.5 Å². The van der Waals surface area contributed by atoms with Crippen molar-refractivity contribution in [1.82, 2.24) is 4.90 Å². The van der Waals surface area contributed by atoms with E-state index in [1.807, 2.05) is 6.92 Å². The number of nitrogens with one attached hydrogen (secondary N) is 1. The number of thioether (sulfide) groups is 1. The minimum absolute atomic E-state index is 0.145. The SMILES string of the molecule is CCCOc1ccc(/C=C2\SC(=O)N(CC(=O)Nc3ccc(F)c(Cl)c3)C2=O)cc1. The normalized spacial score (nSPS) is 15.0. The summed E-state index contributed by atoms with van der Waals surface area (Å²) in [6.07, 6.45) is 2.49. The topological polar surface area (TPSA) is 75.7 Å². The van der Waals surface area contributed by atoms with E-state index in [1.54, 1.807) is 30.3 Å². The second-order valence-corrected chi connectivity index (χ2v) is 7.76. The Morgan fingerprint density at radius 3 is 2.63 bits per heavy atom. The summed E-state index contributed by atoms with van der Waals surface area (Å²) in [6, 6.07) is 10.8. The van der Waals surface area contributed by atoms with Gasteiger partial charge in [-0.05, 0) is 60.2 Å². The van der Waals surface area contributed by atoms with Gasteiger partial charge in [0.2, 0.25) is 5.91 Å². The zero-order valence-electron chi connectivity index (χ0n) is 16.0. The van der Waals surface area contributed by atoms with Crippen molar-refractivity contribution in [3.8, 4) is 5.75 Å². The van der Waals surface area contributed by atoms with Crippen LogP contribution in [0, 0.1) is 5.82 Å². The van der Waals surface area contributed by atoms with Crippen molar-refractivity contribution in [2.75, 3.05) is 18.5 Å². The Morgan fingerprint density at radius 2 is 1.97 bits per heavy atom. The highest BCUT2D eigenvalue weighted by atomic mass is 35.5. The predicted molar refractivity (Wildman–Crippen MR) is 115 cm³/mol. The summed E-state index contributed by atoms with van der Waals surface area (Å²) in [5.74, 6) is -1.04. The molecule has 0 aromatic heterocycles. The van der Waals surface area contributed by atoms with Gasteiger partial charge in [0, 0.05) is 5.69 Å². The number of imide groups is 1. The molecule has 1 fully saturated rings. The number of ether oxygens (including phenoxy) is 1. The van der Waals surface area contributed by atoms with E-state index in [-0.39, 0.29) is 15.6 Å². The van der Waals surface area contributed by atoms with Crippen LogP contribution in [0.1, 0.15) is 18.9 Å². The van der Waals surface area contributed by atoms with Crippen LogP contribution in [0.2, 0.25) is 5.02 Å². The average Bonchev–Trinajstić information content (AvgIpc) is 2.97. The van der Waals surface area contributed by atoms with E-state index in [9.17, 15) is 18.8 Å². The van der Waals surface area contributed by atoms with Crippen LogP contribution in [-0.4, -0.2) is 35.1 Å². The number of anilines is 1. The fourth-order valence-electron chi connectivity index (χ4n) is 2.59. The molecule has 0 radical (unpaired) electrons. The zero-order chi connectivity index (χ0) is 21.7. The van der Waals surface area contributed by atoms with E-state index in [2.05, 4.69) is 5.32 Å². The lowest BCUT2D eigenvalue weighted by molar-refractivity contribution is -0.127. The van der Waals surface area contributed by atoms with Gasteiger partial charge in [-0.1, -0.05) is 30.7 Å². The minimum Gasteiger partial charge on any atom is -0.494 e. The lowest BCUT2D eigenvalue weighted by atomic mass is 10.2. The second kappa shape index (κ2) is 9.77. The molecule has 30 heavy (non-hydrogen) atoms. The number of rotatable bonds is 7. The Hall–Kier alpha value is -2.84. The van der Waals surface area contributed by atoms with Gasteiger partial charge in [0.25, 0.3) is 11.1 Å². The van der Waals surface area contributed by atoms with Crippen molar-refractivity contribution in [2.24, 2.45) is 0 Å². The first-order valence-electron chi connectivity index (χ1n) is 9.10. The van der Waals surface area contributed by atoms with Crippen LogP contribution in [0.25, 0.3) is 6.08 Å². The number of halogens is 2. The van der Waals surface area contributed by atoms with Crippen LogP contribution in [0.15, 0.2) is 47.4 Å². The highest BCUT2D eigenvalue weighted by Crippen LogP contribution is 2.32. The molecule has 3 amide bonds. The van der Waals surface area contributed by atoms with Crippen molar-refractivity contribution >= 4 is 52.2 Å². The molecule has 1 saturated heterocycles. The van der Waals surface area contributed by atoms with Crippen LogP contribution < -0.4 is 10.1 Å². The van der Waals surface area contributed by atoms with E-state index in [1.165, 1.54) is 12.1 Å². The molecule has 1 aliphatic rings. The van der Waals surface area contributed by atoms with Crippen LogP contribution in [0.5, 0.6) is 5.75 Å². The van der Waals surface area contributed by atoms with Crippen molar-refractivity contribution in [3.05, 3.63) is 63.8 Å². The fourth-order valence-corrected chi connectivity index (χ4v) is 3.60. The molecule has 0 spiro atoms.